The van der Waals surface area contributed by atoms with Gasteiger partial charge in [0.25, 0.3) is 0 Å². The molecule has 5 nitrogen and oxygen atoms in total. The van der Waals surface area contributed by atoms with E-state index in [-0.39, 0.29) is 18.4 Å². The smallest absolute Gasteiger partial charge is 0.319 e. The molecule has 0 spiro atoms. The summed E-state index contributed by atoms with van der Waals surface area (Å²) in [6.45, 7) is 6.03. The Morgan fingerprint density at radius 3 is 2.71 bits per heavy atom. The average molecular weight is 298 g/mol. The van der Waals surface area contributed by atoms with Crippen LogP contribution in [0.1, 0.15) is 27.2 Å². The number of benzene rings is 1. The van der Waals surface area contributed by atoms with Crippen LogP contribution in [0.25, 0.3) is 0 Å². The van der Waals surface area contributed by atoms with Gasteiger partial charge in [-0.05, 0) is 31.4 Å². The number of rotatable bonds is 7. The summed E-state index contributed by atoms with van der Waals surface area (Å²) >= 11 is 0. The standard InChI is InChI=1S/C15H23FN2O3/c1-4-21-14-8-11(16)5-6-13(14)18-15(20)17-12(9-19)7-10(2)3/h5-6,8,10,12,19H,4,7,9H2,1-3H3,(H2,17,18,20). The molecule has 0 radical (unpaired) electrons. The van der Waals surface area contributed by atoms with Crippen LogP contribution < -0.4 is 15.4 Å². The zero-order valence-corrected chi connectivity index (χ0v) is 12.6. The monoisotopic (exact) mass is 298 g/mol. The van der Waals surface area contributed by atoms with Crippen LogP contribution in [0.5, 0.6) is 5.75 Å². The van der Waals surface area contributed by atoms with Crippen molar-refractivity contribution in [3.05, 3.63) is 24.0 Å². The number of amides is 2. The first-order valence-corrected chi connectivity index (χ1v) is 7.07. The van der Waals surface area contributed by atoms with E-state index in [1.54, 1.807) is 6.92 Å². The molecule has 0 aliphatic rings. The molecule has 0 aliphatic heterocycles. The van der Waals surface area contributed by atoms with Crippen molar-refractivity contribution in [3.63, 3.8) is 0 Å². The quantitative estimate of drug-likeness (QED) is 0.725. The first-order valence-electron chi connectivity index (χ1n) is 7.07. The van der Waals surface area contributed by atoms with Crippen LogP contribution in [0.3, 0.4) is 0 Å². The number of urea groups is 1. The van der Waals surface area contributed by atoms with Crippen LogP contribution >= 0.6 is 0 Å². The maximum Gasteiger partial charge on any atom is 0.319 e. The van der Waals surface area contributed by atoms with Crippen LogP contribution in [-0.2, 0) is 0 Å². The minimum absolute atomic E-state index is 0.132. The Morgan fingerprint density at radius 2 is 2.14 bits per heavy atom. The van der Waals surface area contributed by atoms with Crippen molar-refractivity contribution >= 4 is 11.7 Å². The Balaban J connectivity index is 2.69. The fourth-order valence-corrected chi connectivity index (χ4v) is 1.97. The molecule has 2 amide bonds. The molecule has 6 heteroatoms. The van der Waals surface area contributed by atoms with Crippen molar-refractivity contribution < 1.29 is 19.0 Å². The molecule has 0 aliphatic carbocycles. The van der Waals surface area contributed by atoms with Gasteiger partial charge in [-0.1, -0.05) is 13.8 Å². The molecule has 0 heterocycles. The Morgan fingerprint density at radius 1 is 1.43 bits per heavy atom. The molecule has 0 saturated carbocycles. The van der Waals surface area contributed by atoms with Gasteiger partial charge < -0.3 is 20.5 Å². The lowest BCUT2D eigenvalue weighted by molar-refractivity contribution is 0.214. The first kappa shape index (κ1) is 17.2. The van der Waals surface area contributed by atoms with E-state index in [2.05, 4.69) is 10.6 Å². The highest BCUT2D eigenvalue weighted by molar-refractivity contribution is 5.91. The number of aliphatic hydroxyl groups is 1. The van der Waals surface area contributed by atoms with Crippen LogP contribution in [-0.4, -0.2) is 30.4 Å². The van der Waals surface area contributed by atoms with E-state index >= 15 is 0 Å². The molecular formula is C15H23FN2O3. The highest BCUT2D eigenvalue weighted by Gasteiger charge is 2.14. The molecule has 1 aromatic rings. The average Bonchev–Trinajstić information content (AvgIpc) is 2.41. The lowest BCUT2D eigenvalue weighted by Gasteiger charge is -2.19. The maximum absolute atomic E-state index is 13.2. The summed E-state index contributed by atoms with van der Waals surface area (Å²) in [5, 5.41) is 14.5. The van der Waals surface area contributed by atoms with E-state index in [0.717, 1.165) is 0 Å². The minimum Gasteiger partial charge on any atom is -0.492 e. The summed E-state index contributed by atoms with van der Waals surface area (Å²) in [6, 6.07) is 3.13. The molecule has 118 valence electrons. The lowest BCUT2D eigenvalue weighted by Crippen LogP contribution is -2.41. The second kappa shape index (κ2) is 8.46. The Hall–Kier alpha value is -1.82. The van der Waals surface area contributed by atoms with Gasteiger partial charge in [-0.25, -0.2) is 9.18 Å². The number of hydrogen-bond donors (Lipinski definition) is 3. The summed E-state index contributed by atoms with van der Waals surface area (Å²) in [7, 11) is 0. The van der Waals surface area contributed by atoms with Crippen molar-refractivity contribution in [1.29, 1.82) is 0 Å². The van der Waals surface area contributed by atoms with Gasteiger partial charge >= 0.3 is 6.03 Å². The molecule has 1 unspecified atom stereocenters. The zero-order chi connectivity index (χ0) is 15.8. The molecule has 0 saturated heterocycles. The van der Waals surface area contributed by atoms with Gasteiger partial charge in [0.2, 0.25) is 0 Å². The summed E-state index contributed by atoms with van der Waals surface area (Å²) in [4.78, 5) is 11.9. The SMILES string of the molecule is CCOc1cc(F)ccc1NC(=O)NC(CO)CC(C)C. The number of carbonyl (C=O) groups is 1. The van der Waals surface area contributed by atoms with Crippen LogP contribution in [0, 0.1) is 11.7 Å². The van der Waals surface area contributed by atoms with Crippen molar-refractivity contribution in [2.45, 2.75) is 33.2 Å². The van der Waals surface area contributed by atoms with Gasteiger partial charge in [-0.2, -0.15) is 0 Å². The summed E-state index contributed by atoms with van der Waals surface area (Å²) in [5.74, 6) is 0.196. The first-order chi connectivity index (χ1) is 9.96. The Kier molecular flexibility index (Phi) is 6.94. The largest absolute Gasteiger partial charge is 0.492 e. The fourth-order valence-electron chi connectivity index (χ4n) is 1.97. The predicted molar refractivity (Wildman–Crippen MR) is 80.1 cm³/mol. The lowest BCUT2D eigenvalue weighted by atomic mass is 10.0. The molecule has 3 N–H and O–H groups in total. The summed E-state index contributed by atoms with van der Waals surface area (Å²) < 4.78 is 18.5. The third kappa shape index (κ3) is 5.99. The normalized spacial score (nSPS) is 12.1. The van der Waals surface area contributed by atoms with E-state index in [1.165, 1.54) is 18.2 Å². The molecular weight excluding hydrogens is 275 g/mol. The number of carbonyl (C=O) groups excluding carboxylic acids is 1. The third-order valence-corrected chi connectivity index (χ3v) is 2.80. The van der Waals surface area contributed by atoms with Crippen LogP contribution in [0.15, 0.2) is 18.2 Å². The van der Waals surface area contributed by atoms with Gasteiger partial charge in [0.05, 0.1) is 24.9 Å². The number of halogens is 1. The van der Waals surface area contributed by atoms with Gasteiger partial charge in [0.1, 0.15) is 11.6 Å². The molecule has 0 aromatic heterocycles. The van der Waals surface area contributed by atoms with Crippen molar-refractivity contribution in [2.24, 2.45) is 5.92 Å². The topological polar surface area (TPSA) is 70.6 Å². The number of anilines is 1. The van der Waals surface area contributed by atoms with E-state index in [1.807, 2.05) is 13.8 Å². The summed E-state index contributed by atoms with van der Waals surface area (Å²) in [6.07, 6.45) is 0.672. The van der Waals surface area contributed by atoms with E-state index < -0.39 is 11.8 Å². The maximum atomic E-state index is 13.2. The second-order valence-electron chi connectivity index (χ2n) is 5.18. The number of nitrogens with one attached hydrogen (secondary N) is 2. The van der Waals surface area contributed by atoms with Gasteiger partial charge in [0.15, 0.2) is 0 Å². The van der Waals surface area contributed by atoms with E-state index in [0.29, 0.717) is 24.6 Å². The molecule has 21 heavy (non-hydrogen) atoms. The zero-order valence-electron chi connectivity index (χ0n) is 12.6. The molecule has 1 rings (SSSR count). The third-order valence-electron chi connectivity index (χ3n) is 2.80. The highest BCUT2D eigenvalue weighted by atomic mass is 19.1. The van der Waals surface area contributed by atoms with Crippen molar-refractivity contribution in [2.75, 3.05) is 18.5 Å². The molecule has 1 aromatic carbocycles. The number of hydrogen-bond acceptors (Lipinski definition) is 3. The van der Waals surface area contributed by atoms with E-state index in [4.69, 9.17) is 4.74 Å². The van der Waals surface area contributed by atoms with Crippen molar-refractivity contribution in [3.8, 4) is 5.75 Å². The fraction of sp³-hybridized carbons (Fsp3) is 0.533. The van der Waals surface area contributed by atoms with Gasteiger partial charge in [-0.15, -0.1) is 0 Å². The number of ether oxygens (including phenoxy) is 1. The molecule has 0 bridgehead atoms. The summed E-state index contributed by atoms with van der Waals surface area (Å²) in [5.41, 5.74) is 0.386. The van der Waals surface area contributed by atoms with Crippen molar-refractivity contribution in [1.82, 2.24) is 5.32 Å². The molecule has 1 atom stereocenters. The van der Waals surface area contributed by atoms with Crippen LogP contribution in [0.4, 0.5) is 14.9 Å². The Bertz CT molecular complexity index is 466. The second-order valence-corrected chi connectivity index (χ2v) is 5.18. The predicted octanol–water partition coefficient (Wildman–Crippen LogP) is 2.75. The van der Waals surface area contributed by atoms with Gasteiger partial charge in [0, 0.05) is 6.07 Å². The van der Waals surface area contributed by atoms with E-state index in [9.17, 15) is 14.3 Å². The van der Waals surface area contributed by atoms with Gasteiger partial charge in [-0.3, -0.25) is 0 Å². The highest BCUT2D eigenvalue weighted by Crippen LogP contribution is 2.25. The Labute approximate surface area is 124 Å². The number of aliphatic hydroxyl groups excluding tert-OH is 1. The van der Waals surface area contributed by atoms with Crippen LogP contribution in [0.2, 0.25) is 0 Å². The molecule has 0 fully saturated rings. The minimum atomic E-state index is -0.456.